The van der Waals surface area contributed by atoms with E-state index in [0.29, 0.717) is 12.5 Å². The Morgan fingerprint density at radius 1 is 1.43 bits per heavy atom. The third-order valence-electron chi connectivity index (χ3n) is 3.36. The van der Waals surface area contributed by atoms with Gasteiger partial charge in [0, 0.05) is 17.9 Å². The second-order valence-corrected chi connectivity index (χ2v) is 5.91. The number of nitro groups is 1. The first-order valence-electron chi connectivity index (χ1n) is 7.08. The van der Waals surface area contributed by atoms with E-state index in [-0.39, 0.29) is 17.2 Å². The third kappa shape index (κ3) is 5.46. The third-order valence-corrected chi connectivity index (χ3v) is 3.82. The maximum absolute atomic E-state index is 12.2. The summed E-state index contributed by atoms with van der Waals surface area (Å²) in [7, 11) is 0. The molecular formula is C15H21BrN2O3. The zero-order valence-corrected chi connectivity index (χ0v) is 14.0. The summed E-state index contributed by atoms with van der Waals surface area (Å²) in [5.41, 5.74) is 0.816. The van der Waals surface area contributed by atoms with Crippen LogP contribution in [-0.2, 0) is 0 Å². The maximum atomic E-state index is 12.2. The van der Waals surface area contributed by atoms with Gasteiger partial charge in [0.15, 0.2) is 0 Å². The normalized spacial score (nSPS) is 12.0. The number of carbonyl (C=O) groups is 1. The average molecular weight is 357 g/mol. The summed E-state index contributed by atoms with van der Waals surface area (Å²) in [5.74, 6) is 0.0169. The first-order valence-corrected chi connectivity index (χ1v) is 8.21. The molecule has 21 heavy (non-hydrogen) atoms. The van der Waals surface area contributed by atoms with E-state index < -0.39 is 4.92 Å². The smallest absolute Gasteiger partial charge is 0.282 e. The molecule has 0 aliphatic carbocycles. The molecule has 1 aromatic carbocycles. The average Bonchev–Trinajstić information content (AvgIpc) is 2.44. The maximum Gasteiger partial charge on any atom is 0.282 e. The van der Waals surface area contributed by atoms with Crippen LogP contribution in [0, 0.1) is 23.0 Å². The van der Waals surface area contributed by atoms with Gasteiger partial charge in [0.1, 0.15) is 5.56 Å². The molecule has 5 nitrogen and oxygen atoms in total. The Bertz CT molecular complexity index is 500. The van der Waals surface area contributed by atoms with Crippen molar-refractivity contribution >= 4 is 27.5 Å². The summed E-state index contributed by atoms with van der Waals surface area (Å²) in [6, 6.07) is 4.58. The number of aryl methyl sites for hydroxylation is 1. The minimum atomic E-state index is -0.517. The van der Waals surface area contributed by atoms with Gasteiger partial charge in [-0.3, -0.25) is 14.9 Å². The van der Waals surface area contributed by atoms with E-state index >= 15 is 0 Å². The molecule has 1 atom stereocenters. The zero-order chi connectivity index (χ0) is 15.8. The van der Waals surface area contributed by atoms with Gasteiger partial charge in [-0.15, -0.1) is 0 Å². The summed E-state index contributed by atoms with van der Waals surface area (Å²) in [6.45, 7) is 4.46. The number of amides is 1. The summed E-state index contributed by atoms with van der Waals surface area (Å²) >= 11 is 3.41. The number of nitrogens with one attached hydrogen (secondary N) is 1. The molecule has 0 aliphatic rings. The van der Waals surface area contributed by atoms with Crippen molar-refractivity contribution in [2.45, 2.75) is 33.1 Å². The van der Waals surface area contributed by atoms with Crippen LogP contribution in [0.15, 0.2) is 18.2 Å². The standard InChI is InChI=1S/C15H21BrN2O3/c1-3-4-12(7-8-16)10-17-15(19)13-9-11(2)5-6-14(13)18(20)21/h5-6,9,12H,3-4,7-8,10H2,1-2H3,(H,17,19). The zero-order valence-electron chi connectivity index (χ0n) is 12.4. The summed E-state index contributed by atoms with van der Waals surface area (Å²) in [4.78, 5) is 22.7. The minimum absolute atomic E-state index is 0.133. The molecule has 1 aromatic rings. The van der Waals surface area contributed by atoms with Crippen LogP contribution < -0.4 is 5.32 Å². The van der Waals surface area contributed by atoms with Crippen molar-refractivity contribution in [3.8, 4) is 0 Å². The molecule has 1 unspecified atom stereocenters. The molecule has 6 heteroatoms. The molecule has 0 spiro atoms. The largest absolute Gasteiger partial charge is 0.352 e. The number of alkyl halides is 1. The Hall–Kier alpha value is -1.43. The van der Waals surface area contributed by atoms with E-state index in [4.69, 9.17) is 0 Å². The van der Waals surface area contributed by atoms with Crippen LogP contribution in [-0.4, -0.2) is 22.7 Å². The number of halogens is 1. The van der Waals surface area contributed by atoms with Crippen LogP contribution in [0.2, 0.25) is 0 Å². The lowest BCUT2D eigenvalue weighted by atomic mass is 10.0. The number of nitro benzene ring substituents is 1. The van der Waals surface area contributed by atoms with Crippen molar-refractivity contribution in [1.29, 1.82) is 0 Å². The fraction of sp³-hybridized carbons (Fsp3) is 0.533. The van der Waals surface area contributed by atoms with Crippen LogP contribution in [0.3, 0.4) is 0 Å². The predicted molar refractivity (Wildman–Crippen MR) is 87.0 cm³/mol. The molecule has 0 saturated carbocycles. The lowest BCUT2D eigenvalue weighted by molar-refractivity contribution is -0.385. The second-order valence-electron chi connectivity index (χ2n) is 5.12. The van der Waals surface area contributed by atoms with Gasteiger partial charge in [0.25, 0.3) is 11.6 Å². The summed E-state index contributed by atoms with van der Waals surface area (Å²) in [5, 5.41) is 14.7. The number of rotatable bonds is 8. The Balaban J connectivity index is 2.79. The van der Waals surface area contributed by atoms with Gasteiger partial charge >= 0.3 is 0 Å². The van der Waals surface area contributed by atoms with E-state index in [1.165, 1.54) is 6.07 Å². The van der Waals surface area contributed by atoms with Crippen molar-refractivity contribution in [2.75, 3.05) is 11.9 Å². The van der Waals surface area contributed by atoms with Gasteiger partial charge in [0.05, 0.1) is 4.92 Å². The number of carbonyl (C=O) groups excluding carboxylic acids is 1. The van der Waals surface area contributed by atoms with Crippen molar-refractivity contribution < 1.29 is 9.72 Å². The topological polar surface area (TPSA) is 72.2 Å². The number of benzene rings is 1. The van der Waals surface area contributed by atoms with Gasteiger partial charge in [-0.05, 0) is 37.3 Å². The van der Waals surface area contributed by atoms with Gasteiger partial charge < -0.3 is 5.32 Å². The van der Waals surface area contributed by atoms with Crippen molar-refractivity contribution in [2.24, 2.45) is 5.92 Å². The molecule has 116 valence electrons. The molecule has 0 fully saturated rings. The van der Waals surface area contributed by atoms with E-state index in [1.54, 1.807) is 12.1 Å². The quantitative estimate of drug-likeness (QED) is 0.437. The molecule has 0 saturated heterocycles. The Labute approximate surface area is 133 Å². The SMILES string of the molecule is CCCC(CCBr)CNC(=O)c1cc(C)ccc1[N+](=O)[O-]. The molecule has 1 N–H and O–H groups in total. The number of nitrogens with zero attached hydrogens (tertiary/aromatic N) is 1. The molecule has 0 bridgehead atoms. The molecule has 1 rings (SSSR count). The minimum Gasteiger partial charge on any atom is -0.352 e. The van der Waals surface area contributed by atoms with Crippen LogP contribution in [0.4, 0.5) is 5.69 Å². The van der Waals surface area contributed by atoms with Crippen molar-refractivity contribution in [1.82, 2.24) is 5.32 Å². The van der Waals surface area contributed by atoms with Gasteiger partial charge in [0.2, 0.25) is 0 Å². The first-order chi connectivity index (χ1) is 9.99. The van der Waals surface area contributed by atoms with Crippen LogP contribution in [0.5, 0.6) is 0 Å². The lowest BCUT2D eigenvalue weighted by Crippen LogP contribution is -2.30. The first kappa shape index (κ1) is 17.6. The van der Waals surface area contributed by atoms with E-state index in [1.807, 2.05) is 6.92 Å². The lowest BCUT2D eigenvalue weighted by Gasteiger charge is -2.15. The fourth-order valence-corrected chi connectivity index (χ4v) is 2.88. The van der Waals surface area contributed by atoms with Crippen LogP contribution in [0.25, 0.3) is 0 Å². The van der Waals surface area contributed by atoms with E-state index in [9.17, 15) is 14.9 Å². The van der Waals surface area contributed by atoms with Crippen LogP contribution in [0.1, 0.15) is 42.1 Å². The van der Waals surface area contributed by atoms with E-state index in [2.05, 4.69) is 28.2 Å². The van der Waals surface area contributed by atoms with Crippen molar-refractivity contribution in [3.05, 3.63) is 39.4 Å². The highest BCUT2D eigenvalue weighted by atomic mass is 79.9. The van der Waals surface area contributed by atoms with Gasteiger partial charge in [-0.25, -0.2) is 0 Å². The molecule has 1 amide bonds. The van der Waals surface area contributed by atoms with Crippen LogP contribution >= 0.6 is 15.9 Å². The highest BCUT2D eigenvalue weighted by Gasteiger charge is 2.20. The molecule has 0 aliphatic heterocycles. The summed E-state index contributed by atoms with van der Waals surface area (Å²) in [6.07, 6.45) is 3.06. The fourth-order valence-electron chi connectivity index (χ4n) is 2.23. The number of hydrogen-bond donors (Lipinski definition) is 1. The predicted octanol–water partition coefficient (Wildman–Crippen LogP) is 3.83. The molecule has 0 radical (unpaired) electrons. The molecule has 0 heterocycles. The molecule has 0 aromatic heterocycles. The Kier molecular flexibility index (Phi) is 7.36. The van der Waals surface area contributed by atoms with Gasteiger partial charge in [-0.2, -0.15) is 0 Å². The second kappa shape index (κ2) is 8.77. The van der Waals surface area contributed by atoms with E-state index in [0.717, 1.165) is 30.2 Å². The van der Waals surface area contributed by atoms with Crippen molar-refractivity contribution in [3.63, 3.8) is 0 Å². The highest BCUT2D eigenvalue weighted by molar-refractivity contribution is 9.09. The monoisotopic (exact) mass is 356 g/mol. The molecular weight excluding hydrogens is 336 g/mol. The van der Waals surface area contributed by atoms with Gasteiger partial charge in [-0.1, -0.05) is 35.3 Å². The Morgan fingerprint density at radius 3 is 2.71 bits per heavy atom. The highest BCUT2D eigenvalue weighted by Crippen LogP contribution is 2.20. The Morgan fingerprint density at radius 2 is 2.14 bits per heavy atom. The number of hydrogen-bond acceptors (Lipinski definition) is 3. The summed E-state index contributed by atoms with van der Waals surface area (Å²) < 4.78 is 0.